The number of amides is 1. The molecular weight excluding hydrogens is 494 g/mol. The van der Waals surface area contributed by atoms with Gasteiger partial charge in [-0.2, -0.15) is 0 Å². The largest absolute Gasteiger partial charge is 0.460 e. The SMILES string of the molecule is C=C1C2CC3C(C(C)C)C(OC(=O)NC4CCCCC4)CC3(C)CC2C(C)=CCC2C(C)OC(=O)C(O)C12O. The normalized spacial score (nSPS) is 44.8. The number of cyclic esters (lactones) is 1. The van der Waals surface area contributed by atoms with E-state index in [1.165, 1.54) is 12.0 Å². The predicted octanol–water partition coefficient (Wildman–Crippen LogP) is 5.30. The number of alkyl carbamates (subject to hydrolysis) is 1. The molecule has 0 aromatic rings. The zero-order valence-electron chi connectivity index (χ0n) is 24.4. The number of hydrogen-bond donors (Lipinski definition) is 3. The molecule has 0 aromatic heterocycles. The fraction of sp³-hybridized carbons (Fsp3) is 0.812. The average molecular weight is 544 g/mol. The average Bonchev–Trinajstić information content (AvgIpc) is 3.16. The zero-order chi connectivity index (χ0) is 28.3. The third kappa shape index (κ3) is 4.86. The smallest absolute Gasteiger partial charge is 0.407 e. The van der Waals surface area contributed by atoms with Crippen molar-refractivity contribution in [1.82, 2.24) is 5.32 Å². The Morgan fingerprint density at radius 1 is 1.18 bits per heavy atom. The molecule has 1 heterocycles. The second kappa shape index (κ2) is 10.5. The van der Waals surface area contributed by atoms with E-state index in [9.17, 15) is 19.8 Å². The molecule has 0 bridgehead atoms. The summed E-state index contributed by atoms with van der Waals surface area (Å²) in [6.45, 7) is 15.1. The quantitative estimate of drug-likeness (QED) is 0.330. The maximum atomic E-state index is 13.0. The second-order valence-electron chi connectivity index (χ2n) is 14.0. The summed E-state index contributed by atoms with van der Waals surface area (Å²) >= 11 is 0. The molecule has 1 saturated heterocycles. The van der Waals surface area contributed by atoms with Crippen molar-refractivity contribution in [3.63, 3.8) is 0 Å². The Bertz CT molecular complexity index is 1020. The topological polar surface area (TPSA) is 105 Å². The standard InChI is InChI=1S/C32H49NO6/c1-17(2)27-25-14-22-19(4)32(37)24(20(5)38-29(35)28(32)34)13-12-18(3)23(22)15-31(25,6)16-26(27)39-30(36)33-21-10-8-7-9-11-21/h12,17,20-28,34,37H,4,7-11,13-16H2,1-3,5-6H3,(H,33,36). The minimum absolute atomic E-state index is 0.0279. The molecular formula is C32H49NO6. The van der Waals surface area contributed by atoms with Crippen molar-refractivity contribution in [1.29, 1.82) is 0 Å². The minimum Gasteiger partial charge on any atom is -0.460 e. The van der Waals surface area contributed by atoms with Crippen molar-refractivity contribution in [2.24, 2.45) is 40.9 Å². The van der Waals surface area contributed by atoms with Crippen molar-refractivity contribution in [3.8, 4) is 0 Å². The number of aliphatic hydroxyl groups excluding tert-OH is 1. The number of aliphatic hydroxyl groups is 2. The first-order valence-electron chi connectivity index (χ1n) is 15.3. The predicted molar refractivity (Wildman–Crippen MR) is 149 cm³/mol. The summed E-state index contributed by atoms with van der Waals surface area (Å²) in [5, 5.41) is 26.2. The fourth-order valence-electron chi connectivity index (χ4n) is 9.31. The Morgan fingerprint density at radius 2 is 1.87 bits per heavy atom. The molecule has 0 radical (unpaired) electrons. The number of nitrogens with one attached hydrogen (secondary N) is 1. The Morgan fingerprint density at radius 3 is 2.54 bits per heavy atom. The van der Waals surface area contributed by atoms with E-state index in [0.29, 0.717) is 17.9 Å². The lowest BCUT2D eigenvalue weighted by molar-refractivity contribution is -0.209. The first kappa shape index (κ1) is 28.7. The third-order valence-electron chi connectivity index (χ3n) is 11.4. The Kier molecular flexibility index (Phi) is 7.73. The van der Waals surface area contributed by atoms with Crippen LogP contribution in [0.3, 0.4) is 0 Å². The van der Waals surface area contributed by atoms with Gasteiger partial charge in [-0.05, 0) is 87.0 Å². The lowest BCUT2D eigenvalue weighted by atomic mass is 9.53. The van der Waals surface area contributed by atoms with E-state index >= 15 is 0 Å². The summed E-state index contributed by atoms with van der Waals surface area (Å²) in [5.74, 6) is -0.415. The molecule has 1 amide bonds. The highest BCUT2D eigenvalue weighted by atomic mass is 16.6. The molecule has 5 rings (SSSR count). The first-order chi connectivity index (χ1) is 18.4. The van der Waals surface area contributed by atoms with E-state index < -0.39 is 29.7 Å². The molecule has 5 aliphatic rings. The highest BCUT2D eigenvalue weighted by Gasteiger charge is 2.62. The van der Waals surface area contributed by atoms with Crippen LogP contribution in [0.25, 0.3) is 0 Å². The van der Waals surface area contributed by atoms with Crippen LogP contribution in [-0.4, -0.2) is 52.2 Å². The summed E-state index contributed by atoms with van der Waals surface area (Å²) < 4.78 is 11.6. The van der Waals surface area contributed by atoms with Gasteiger partial charge in [0.1, 0.15) is 17.8 Å². The van der Waals surface area contributed by atoms with Gasteiger partial charge in [0.2, 0.25) is 0 Å². The lowest BCUT2D eigenvalue weighted by Crippen LogP contribution is -2.63. The van der Waals surface area contributed by atoms with Crippen LogP contribution in [-0.2, 0) is 14.3 Å². The summed E-state index contributed by atoms with van der Waals surface area (Å²) in [5.41, 5.74) is 0.0661. The highest BCUT2D eigenvalue weighted by Crippen LogP contribution is 2.63. The zero-order valence-corrected chi connectivity index (χ0v) is 24.4. The van der Waals surface area contributed by atoms with Gasteiger partial charge in [0.15, 0.2) is 6.10 Å². The van der Waals surface area contributed by atoms with Crippen molar-refractivity contribution < 1.29 is 29.3 Å². The molecule has 7 nitrogen and oxygen atoms in total. The minimum atomic E-state index is -1.73. The highest BCUT2D eigenvalue weighted by molar-refractivity contribution is 5.78. The van der Waals surface area contributed by atoms with Crippen LogP contribution in [0.2, 0.25) is 0 Å². The molecule has 3 saturated carbocycles. The summed E-state index contributed by atoms with van der Waals surface area (Å²) in [7, 11) is 0. The van der Waals surface area contributed by atoms with Gasteiger partial charge in [0, 0.05) is 17.9 Å². The van der Waals surface area contributed by atoms with Crippen LogP contribution < -0.4 is 5.32 Å². The molecule has 39 heavy (non-hydrogen) atoms. The lowest BCUT2D eigenvalue weighted by Gasteiger charge is -2.54. The van der Waals surface area contributed by atoms with Crippen LogP contribution in [0.1, 0.15) is 92.4 Å². The molecule has 0 spiro atoms. The van der Waals surface area contributed by atoms with Crippen molar-refractivity contribution in [2.45, 2.75) is 122 Å². The van der Waals surface area contributed by atoms with E-state index in [0.717, 1.165) is 44.9 Å². The molecule has 4 aliphatic carbocycles. The monoisotopic (exact) mass is 543 g/mol. The number of carbonyl (C=O) groups excluding carboxylic acids is 2. The molecule has 7 heteroatoms. The maximum absolute atomic E-state index is 13.0. The third-order valence-corrected chi connectivity index (χ3v) is 11.4. The van der Waals surface area contributed by atoms with Gasteiger partial charge in [-0.1, -0.05) is 58.3 Å². The number of ether oxygens (including phenoxy) is 2. The number of esters is 1. The van der Waals surface area contributed by atoms with E-state index in [1.54, 1.807) is 6.92 Å². The van der Waals surface area contributed by atoms with Crippen molar-refractivity contribution in [2.75, 3.05) is 0 Å². The number of rotatable bonds is 3. The van der Waals surface area contributed by atoms with Gasteiger partial charge in [0.05, 0.1) is 0 Å². The summed E-state index contributed by atoms with van der Waals surface area (Å²) in [4.78, 5) is 25.6. The van der Waals surface area contributed by atoms with Crippen LogP contribution in [0.15, 0.2) is 23.8 Å². The summed E-state index contributed by atoms with van der Waals surface area (Å²) in [6.07, 6.45) is 8.14. The van der Waals surface area contributed by atoms with E-state index in [1.807, 2.05) is 0 Å². The van der Waals surface area contributed by atoms with Gasteiger partial charge < -0.3 is 25.0 Å². The Labute approximate surface area is 233 Å². The second-order valence-corrected chi connectivity index (χ2v) is 14.0. The number of carbonyl (C=O) groups is 2. The fourth-order valence-corrected chi connectivity index (χ4v) is 9.31. The van der Waals surface area contributed by atoms with Crippen LogP contribution >= 0.6 is 0 Å². The van der Waals surface area contributed by atoms with Gasteiger partial charge >= 0.3 is 12.1 Å². The van der Waals surface area contributed by atoms with Crippen molar-refractivity contribution in [3.05, 3.63) is 23.8 Å². The summed E-state index contributed by atoms with van der Waals surface area (Å²) in [6, 6.07) is 0.208. The first-order valence-corrected chi connectivity index (χ1v) is 15.3. The maximum Gasteiger partial charge on any atom is 0.407 e. The van der Waals surface area contributed by atoms with Crippen LogP contribution in [0.4, 0.5) is 4.79 Å². The van der Waals surface area contributed by atoms with E-state index in [2.05, 4.69) is 45.7 Å². The molecule has 4 fully saturated rings. The number of fused-ring (bicyclic) bond motifs is 3. The van der Waals surface area contributed by atoms with E-state index in [4.69, 9.17) is 9.47 Å². The number of allylic oxidation sites excluding steroid dienone is 2. The molecule has 10 atom stereocenters. The molecule has 3 N–H and O–H groups in total. The van der Waals surface area contributed by atoms with Gasteiger partial charge in [-0.3, -0.25) is 0 Å². The van der Waals surface area contributed by atoms with Crippen LogP contribution in [0.5, 0.6) is 0 Å². The van der Waals surface area contributed by atoms with Gasteiger partial charge in [-0.25, -0.2) is 9.59 Å². The molecule has 1 aliphatic heterocycles. The number of hydrogen-bond acceptors (Lipinski definition) is 6. The Balaban J connectivity index is 1.42. The van der Waals surface area contributed by atoms with Crippen molar-refractivity contribution >= 4 is 12.1 Å². The van der Waals surface area contributed by atoms with E-state index in [-0.39, 0.29) is 47.3 Å². The molecule has 218 valence electrons. The van der Waals surface area contributed by atoms with Crippen LogP contribution in [0, 0.1) is 40.9 Å². The Hall–Kier alpha value is -1.86. The molecule has 0 aromatic carbocycles. The van der Waals surface area contributed by atoms with Gasteiger partial charge in [0.25, 0.3) is 0 Å². The molecule has 10 unspecified atom stereocenters. The van der Waals surface area contributed by atoms with Gasteiger partial charge in [-0.15, -0.1) is 0 Å².